The number of benzene rings is 1. The molecule has 1 rings (SSSR count). The van der Waals surface area contributed by atoms with Crippen LogP contribution in [0, 0.1) is 6.92 Å². The molecule has 0 radical (unpaired) electrons. The van der Waals surface area contributed by atoms with Crippen LogP contribution in [-0.4, -0.2) is 32.1 Å². The van der Waals surface area contributed by atoms with Gasteiger partial charge in [-0.15, -0.1) is 0 Å². The first-order valence-corrected chi connectivity index (χ1v) is 6.51. The van der Waals surface area contributed by atoms with Crippen LogP contribution in [-0.2, 0) is 19.1 Å². The van der Waals surface area contributed by atoms with E-state index in [0.29, 0.717) is 13.2 Å². The highest BCUT2D eigenvalue weighted by Crippen LogP contribution is 2.05. The molecule has 1 aromatic carbocycles. The maximum absolute atomic E-state index is 11.3. The molecule has 0 atom stereocenters. The van der Waals surface area contributed by atoms with Crippen LogP contribution in [0.5, 0.6) is 0 Å². The molecular weight excluding hydrogens is 256 g/mol. The first-order chi connectivity index (χ1) is 9.61. The smallest absolute Gasteiger partial charge is 0.313 e. The number of hydrogen-bond acceptors (Lipinski definition) is 4. The van der Waals surface area contributed by atoms with Crippen molar-refractivity contribution in [2.45, 2.75) is 19.8 Å². The highest BCUT2D eigenvalue weighted by Gasteiger charge is 2.08. The van der Waals surface area contributed by atoms with Gasteiger partial charge >= 0.3 is 5.97 Å². The number of rotatable bonds is 8. The van der Waals surface area contributed by atoms with Gasteiger partial charge in [-0.3, -0.25) is 9.59 Å². The lowest BCUT2D eigenvalue weighted by Gasteiger charge is -2.01. The van der Waals surface area contributed by atoms with Crippen LogP contribution in [0.2, 0.25) is 0 Å². The summed E-state index contributed by atoms with van der Waals surface area (Å²) in [5.74, 6) is -0.672. The lowest BCUT2D eigenvalue weighted by atomic mass is 10.1. The van der Waals surface area contributed by atoms with Crippen LogP contribution in [0.1, 0.15) is 24.0 Å². The van der Waals surface area contributed by atoms with Gasteiger partial charge in [-0.25, -0.2) is 0 Å². The fourth-order valence-corrected chi connectivity index (χ4v) is 1.62. The van der Waals surface area contributed by atoms with Crippen molar-refractivity contribution >= 4 is 17.8 Å². The van der Waals surface area contributed by atoms with E-state index in [0.717, 1.165) is 5.56 Å². The summed E-state index contributed by atoms with van der Waals surface area (Å²) in [6.07, 6.45) is 3.93. The van der Waals surface area contributed by atoms with Gasteiger partial charge in [0, 0.05) is 6.42 Å². The SMILES string of the molecule is COC(=O)CC(=O)CCOC/C=C/c1cccc(C)c1. The lowest BCUT2D eigenvalue weighted by Crippen LogP contribution is -2.11. The minimum Gasteiger partial charge on any atom is -0.469 e. The van der Waals surface area contributed by atoms with E-state index in [1.807, 2.05) is 37.3 Å². The number of ketones is 1. The number of carbonyl (C=O) groups excluding carboxylic acids is 2. The van der Waals surface area contributed by atoms with Crippen LogP contribution in [0.3, 0.4) is 0 Å². The van der Waals surface area contributed by atoms with Crippen molar-refractivity contribution in [2.75, 3.05) is 20.3 Å². The molecule has 4 heteroatoms. The molecule has 4 nitrogen and oxygen atoms in total. The van der Waals surface area contributed by atoms with Crippen molar-refractivity contribution in [1.29, 1.82) is 0 Å². The number of carbonyl (C=O) groups is 2. The highest BCUT2D eigenvalue weighted by molar-refractivity contribution is 5.95. The molecule has 0 aliphatic rings. The quantitative estimate of drug-likeness (QED) is 0.416. The molecule has 0 heterocycles. The maximum atomic E-state index is 11.3. The highest BCUT2D eigenvalue weighted by atomic mass is 16.5. The zero-order valence-corrected chi connectivity index (χ0v) is 11.9. The third kappa shape index (κ3) is 6.85. The number of methoxy groups -OCH3 is 1. The summed E-state index contributed by atoms with van der Waals surface area (Å²) >= 11 is 0. The Morgan fingerprint density at radius 3 is 2.80 bits per heavy atom. The van der Waals surface area contributed by atoms with E-state index in [1.165, 1.54) is 12.7 Å². The number of aryl methyl sites for hydroxylation is 1. The van der Waals surface area contributed by atoms with E-state index in [9.17, 15) is 9.59 Å². The van der Waals surface area contributed by atoms with Gasteiger partial charge in [-0.1, -0.05) is 42.0 Å². The van der Waals surface area contributed by atoms with Gasteiger partial charge in [0.05, 0.1) is 20.3 Å². The van der Waals surface area contributed by atoms with Crippen molar-refractivity contribution in [1.82, 2.24) is 0 Å². The van der Waals surface area contributed by atoms with E-state index in [4.69, 9.17) is 4.74 Å². The Morgan fingerprint density at radius 2 is 2.10 bits per heavy atom. The molecule has 0 aromatic heterocycles. The van der Waals surface area contributed by atoms with Crippen molar-refractivity contribution in [3.8, 4) is 0 Å². The Labute approximate surface area is 119 Å². The molecule has 0 saturated heterocycles. The Balaban J connectivity index is 2.16. The summed E-state index contributed by atoms with van der Waals surface area (Å²) in [4.78, 5) is 22.2. The van der Waals surface area contributed by atoms with Crippen LogP contribution in [0.25, 0.3) is 6.08 Å². The largest absolute Gasteiger partial charge is 0.469 e. The van der Waals surface area contributed by atoms with E-state index in [-0.39, 0.29) is 18.6 Å². The monoisotopic (exact) mass is 276 g/mol. The average molecular weight is 276 g/mol. The molecule has 0 aliphatic carbocycles. The first-order valence-electron chi connectivity index (χ1n) is 6.51. The maximum Gasteiger partial charge on any atom is 0.313 e. The summed E-state index contributed by atoms with van der Waals surface area (Å²) in [7, 11) is 1.27. The average Bonchev–Trinajstić information content (AvgIpc) is 2.42. The van der Waals surface area contributed by atoms with Crippen LogP contribution in [0.15, 0.2) is 30.3 Å². The first kappa shape index (κ1) is 16.1. The molecule has 108 valence electrons. The molecule has 0 aliphatic heterocycles. The van der Waals surface area contributed by atoms with Crippen molar-refractivity contribution in [3.63, 3.8) is 0 Å². The van der Waals surface area contributed by atoms with Crippen molar-refractivity contribution in [2.24, 2.45) is 0 Å². The molecule has 0 unspecified atom stereocenters. The predicted molar refractivity (Wildman–Crippen MR) is 77.3 cm³/mol. The van der Waals surface area contributed by atoms with Gasteiger partial charge in [-0.05, 0) is 12.5 Å². The second kappa shape index (κ2) is 9.04. The summed E-state index contributed by atoms with van der Waals surface area (Å²) in [6, 6.07) is 8.14. The van der Waals surface area contributed by atoms with Gasteiger partial charge in [0.15, 0.2) is 0 Å². The summed E-state index contributed by atoms with van der Waals surface area (Å²) in [5, 5.41) is 0. The summed E-state index contributed by atoms with van der Waals surface area (Å²) < 4.78 is 9.72. The molecule has 0 fully saturated rings. The number of esters is 1. The molecule has 0 N–H and O–H groups in total. The predicted octanol–water partition coefficient (Wildman–Crippen LogP) is 2.55. The molecule has 0 saturated carbocycles. The third-order valence-corrected chi connectivity index (χ3v) is 2.66. The fourth-order valence-electron chi connectivity index (χ4n) is 1.62. The van der Waals surface area contributed by atoms with E-state index >= 15 is 0 Å². The molecule has 0 bridgehead atoms. The third-order valence-electron chi connectivity index (χ3n) is 2.66. The van der Waals surface area contributed by atoms with Gasteiger partial charge in [-0.2, -0.15) is 0 Å². The second-order valence-electron chi connectivity index (χ2n) is 4.43. The minimum atomic E-state index is -0.505. The van der Waals surface area contributed by atoms with E-state index in [2.05, 4.69) is 10.8 Å². The van der Waals surface area contributed by atoms with Gasteiger partial charge in [0.2, 0.25) is 0 Å². The number of hydrogen-bond donors (Lipinski definition) is 0. The van der Waals surface area contributed by atoms with Crippen molar-refractivity contribution in [3.05, 3.63) is 41.5 Å². The van der Waals surface area contributed by atoms with Crippen LogP contribution < -0.4 is 0 Å². The summed E-state index contributed by atoms with van der Waals surface area (Å²) in [6.45, 7) is 2.80. The standard InChI is InChI=1S/C16H20O4/c1-13-5-3-6-14(11-13)7-4-9-20-10-8-15(17)12-16(18)19-2/h3-7,11H,8-10,12H2,1-2H3/b7-4+. The minimum absolute atomic E-state index is 0.167. The molecular formula is C16H20O4. The Kier molecular flexibility index (Phi) is 7.29. The van der Waals surface area contributed by atoms with Gasteiger partial charge in [0.25, 0.3) is 0 Å². The summed E-state index contributed by atoms with van der Waals surface area (Å²) in [5.41, 5.74) is 2.33. The Hall–Kier alpha value is -1.94. The topological polar surface area (TPSA) is 52.6 Å². The number of Topliss-reactive ketones (excluding diaryl/α,β-unsaturated/α-hetero) is 1. The molecule has 20 heavy (non-hydrogen) atoms. The normalized spacial score (nSPS) is 10.7. The Bertz CT molecular complexity index is 477. The number of ether oxygens (including phenoxy) is 2. The lowest BCUT2D eigenvalue weighted by molar-refractivity contribution is -0.143. The van der Waals surface area contributed by atoms with Crippen molar-refractivity contribution < 1.29 is 19.1 Å². The van der Waals surface area contributed by atoms with Gasteiger partial charge in [0.1, 0.15) is 12.2 Å². The molecule has 0 amide bonds. The fraction of sp³-hybridized carbons (Fsp3) is 0.375. The zero-order chi connectivity index (χ0) is 14.8. The molecule has 0 spiro atoms. The van der Waals surface area contributed by atoms with Crippen LogP contribution in [0.4, 0.5) is 0 Å². The Morgan fingerprint density at radius 1 is 1.30 bits per heavy atom. The van der Waals surface area contributed by atoms with E-state index in [1.54, 1.807) is 0 Å². The van der Waals surface area contributed by atoms with E-state index < -0.39 is 5.97 Å². The van der Waals surface area contributed by atoms with Crippen LogP contribution >= 0.6 is 0 Å². The second-order valence-corrected chi connectivity index (χ2v) is 4.43. The molecule has 1 aromatic rings. The zero-order valence-electron chi connectivity index (χ0n) is 11.9. The van der Waals surface area contributed by atoms with Gasteiger partial charge < -0.3 is 9.47 Å².